The highest BCUT2D eigenvalue weighted by Gasteiger charge is 2.54. The summed E-state index contributed by atoms with van der Waals surface area (Å²) in [6, 6.07) is 33.6. The van der Waals surface area contributed by atoms with Crippen LogP contribution in [0.15, 0.2) is 84.9 Å². The third-order valence-corrected chi connectivity index (χ3v) is 15.9. The zero-order valence-corrected chi connectivity index (χ0v) is 25.2. The van der Waals surface area contributed by atoms with E-state index < -0.39 is 8.07 Å². The smallest absolute Gasteiger partial charge is 0.251 e. The Bertz CT molecular complexity index is 1740. The average molecular weight is 549 g/mol. The molecule has 0 spiro atoms. The van der Waals surface area contributed by atoms with Crippen LogP contribution in [0.1, 0.15) is 38.5 Å². The molecule has 2 nitrogen and oxygen atoms in total. The van der Waals surface area contributed by atoms with E-state index in [1.54, 1.807) is 32.4 Å². The van der Waals surface area contributed by atoms with Gasteiger partial charge in [-0.1, -0.05) is 78.4 Å². The average Bonchev–Trinajstić information content (AvgIpc) is 2.99. The largest absolute Gasteiger partial charge is 0.339 e. The molecule has 5 unspecified atom stereocenters. The Morgan fingerprint density at radius 2 is 1.24 bits per heavy atom. The first kappa shape index (κ1) is 23.3. The topological polar surface area (TPSA) is 6.48 Å². The Morgan fingerprint density at radius 1 is 0.610 bits per heavy atom. The van der Waals surface area contributed by atoms with Crippen LogP contribution in [0.25, 0.3) is 0 Å². The first-order valence-corrected chi connectivity index (χ1v) is 19.1. The standard InChI is InChI=1S/C37H37BN2Si/c1-41(2)33-15-7-13-30-36(33)38-35-28(39(30)26-9-4-3-5-10-26)11-6-12-29(35)40(31-14-8-16-34(41)37(31)38)32-22-24-19-23-17-18-27(32)25(20-23)21-24/h3-16,23-25,27,32H,17-22H2,1-2H3. The van der Waals surface area contributed by atoms with E-state index in [0.717, 1.165) is 23.7 Å². The van der Waals surface area contributed by atoms with Crippen LogP contribution < -0.4 is 36.6 Å². The fraction of sp³-hybridized carbons (Fsp3) is 0.351. The van der Waals surface area contributed by atoms with E-state index in [2.05, 4.69) is 108 Å². The van der Waals surface area contributed by atoms with Crippen LogP contribution in [0.3, 0.4) is 0 Å². The van der Waals surface area contributed by atoms with Crippen molar-refractivity contribution >= 4 is 70.0 Å². The van der Waals surface area contributed by atoms with Crippen LogP contribution in [0.5, 0.6) is 0 Å². The highest BCUT2D eigenvalue weighted by atomic mass is 28.3. The van der Waals surface area contributed by atoms with Crippen molar-refractivity contribution in [1.29, 1.82) is 0 Å². The second-order valence-electron chi connectivity index (χ2n) is 14.5. The molecule has 5 atom stereocenters. The lowest BCUT2D eigenvalue weighted by atomic mass is 9.33. The Balaban J connectivity index is 1.29. The first-order chi connectivity index (χ1) is 20.1. The fourth-order valence-corrected chi connectivity index (χ4v) is 14.1. The minimum atomic E-state index is -1.91. The van der Waals surface area contributed by atoms with Crippen LogP contribution in [0, 0.1) is 23.7 Å². The number of hydrogen-bond donors (Lipinski definition) is 0. The highest BCUT2D eigenvalue weighted by molar-refractivity contribution is 7.16. The minimum absolute atomic E-state index is 0.328. The molecule has 0 aromatic heterocycles. The highest BCUT2D eigenvalue weighted by Crippen LogP contribution is 2.55. The number of benzene rings is 4. The van der Waals surface area contributed by atoms with Crippen molar-refractivity contribution in [3.8, 4) is 0 Å². The molecule has 3 saturated carbocycles. The van der Waals surface area contributed by atoms with Gasteiger partial charge in [-0.2, -0.15) is 0 Å². The fourth-order valence-electron chi connectivity index (χ4n) is 10.9. The van der Waals surface area contributed by atoms with Gasteiger partial charge in [-0.05, 0) is 109 Å². The number of hydrogen-bond acceptors (Lipinski definition) is 2. The van der Waals surface area contributed by atoms with Gasteiger partial charge < -0.3 is 9.80 Å². The molecule has 41 heavy (non-hydrogen) atoms. The van der Waals surface area contributed by atoms with Gasteiger partial charge in [0, 0.05) is 34.5 Å². The SMILES string of the molecule is C[Si]1(C)c2cccc3c2B2c4c(cccc4N(C4CC5CC6CCC4C(C6)C5)c4cccc1c42)N3c1ccccc1. The van der Waals surface area contributed by atoms with Gasteiger partial charge in [0.2, 0.25) is 0 Å². The van der Waals surface area contributed by atoms with Gasteiger partial charge in [-0.15, -0.1) is 0 Å². The maximum atomic E-state index is 2.93. The molecule has 3 fully saturated rings. The van der Waals surface area contributed by atoms with Crippen molar-refractivity contribution in [2.24, 2.45) is 23.7 Å². The van der Waals surface area contributed by atoms with Gasteiger partial charge in [-0.3, -0.25) is 0 Å². The molecule has 6 aliphatic rings. The molecule has 3 aliphatic carbocycles. The minimum Gasteiger partial charge on any atom is -0.339 e. The summed E-state index contributed by atoms with van der Waals surface area (Å²) in [6.45, 7) is 5.54. The Morgan fingerprint density at radius 3 is 2.02 bits per heavy atom. The van der Waals surface area contributed by atoms with Crippen molar-refractivity contribution < 1.29 is 0 Å². The summed E-state index contributed by atoms with van der Waals surface area (Å²) in [5.41, 5.74) is 11.9. The van der Waals surface area contributed by atoms with E-state index in [0.29, 0.717) is 12.8 Å². The Labute approximate surface area is 245 Å². The third kappa shape index (κ3) is 2.90. The maximum Gasteiger partial charge on any atom is 0.251 e. The molecule has 0 radical (unpaired) electrons. The number of nitrogens with zero attached hydrogens (tertiary/aromatic N) is 2. The Kier molecular flexibility index (Phi) is 4.54. The van der Waals surface area contributed by atoms with Crippen molar-refractivity contribution in [1.82, 2.24) is 0 Å². The number of fused-ring (bicyclic) bond motifs is 2. The summed E-state index contributed by atoms with van der Waals surface area (Å²) in [5, 5.41) is 3.30. The summed E-state index contributed by atoms with van der Waals surface area (Å²) in [4.78, 5) is 5.52. The van der Waals surface area contributed by atoms with Crippen LogP contribution in [-0.2, 0) is 0 Å². The van der Waals surface area contributed by atoms with Crippen molar-refractivity contribution in [2.45, 2.75) is 57.7 Å². The molecule has 4 heteroatoms. The molecule has 0 N–H and O–H groups in total. The van der Waals surface area contributed by atoms with Crippen LogP contribution in [-0.4, -0.2) is 20.8 Å². The first-order valence-electron chi connectivity index (χ1n) is 16.1. The van der Waals surface area contributed by atoms with E-state index in [9.17, 15) is 0 Å². The summed E-state index contributed by atoms with van der Waals surface area (Å²) in [6.07, 6.45) is 8.73. The summed E-state index contributed by atoms with van der Waals surface area (Å²) in [5.74, 6) is 3.69. The zero-order valence-electron chi connectivity index (χ0n) is 24.2. The van der Waals surface area contributed by atoms with E-state index >= 15 is 0 Å². The lowest BCUT2D eigenvalue weighted by Crippen LogP contribution is -2.80. The van der Waals surface area contributed by atoms with E-state index in [1.807, 2.05) is 0 Å². The molecule has 3 heterocycles. The van der Waals surface area contributed by atoms with Gasteiger partial charge in [-0.25, -0.2) is 0 Å². The van der Waals surface area contributed by atoms with Gasteiger partial charge in [0.25, 0.3) is 6.71 Å². The predicted molar refractivity (Wildman–Crippen MR) is 177 cm³/mol. The molecule has 10 rings (SSSR count). The number of rotatable bonds is 2. The molecule has 202 valence electrons. The summed E-state index contributed by atoms with van der Waals surface area (Å²) >= 11 is 0. The Hall–Kier alpha value is -3.24. The maximum absolute atomic E-state index is 2.93. The van der Waals surface area contributed by atoms with E-state index in [4.69, 9.17) is 0 Å². The monoisotopic (exact) mass is 548 g/mol. The van der Waals surface area contributed by atoms with E-state index in [-0.39, 0.29) is 0 Å². The van der Waals surface area contributed by atoms with Crippen LogP contribution in [0.4, 0.5) is 28.4 Å². The van der Waals surface area contributed by atoms with Crippen LogP contribution >= 0.6 is 0 Å². The third-order valence-electron chi connectivity index (χ3n) is 12.3. The second-order valence-corrected chi connectivity index (χ2v) is 18.9. The molecule has 0 saturated heterocycles. The molecular formula is C37H37BN2Si. The molecule has 4 aromatic carbocycles. The second kappa shape index (κ2) is 7.98. The molecule has 0 amide bonds. The van der Waals surface area contributed by atoms with Gasteiger partial charge in [0.05, 0.1) is 0 Å². The molecule has 3 aliphatic heterocycles. The van der Waals surface area contributed by atoms with Crippen molar-refractivity contribution in [3.05, 3.63) is 84.9 Å². The van der Waals surface area contributed by atoms with Crippen LogP contribution in [0.2, 0.25) is 13.1 Å². The quantitative estimate of drug-likeness (QED) is 0.258. The number of anilines is 5. The zero-order chi connectivity index (χ0) is 27.0. The lowest BCUT2D eigenvalue weighted by Gasteiger charge is -2.57. The summed E-state index contributed by atoms with van der Waals surface area (Å²) < 4.78 is 0. The van der Waals surface area contributed by atoms with Gasteiger partial charge >= 0.3 is 0 Å². The van der Waals surface area contributed by atoms with Gasteiger partial charge in [0.15, 0.2) is 0 Å². The molecular weight excluding hydrogens is 511 g/mol. The molecule has 4 aromatic rings. The summed E-state index contributed by atoms with van der Waals surface area (Å²) in [7, 11) is -1.91. The molecule has 3 bridgehead atoms. The predicted octanol–water partition coefficient (Wildman–Crippen LogP) is 5.79. The van der Waals surface area contributed by atoms with E-state index in [1.165, 1.54) is 61.3 Å². The van der Waals surface area contributed by atoms with Crippen molar-refractivity contribution in [2.75, 3.05) is 9.80 Å². The lowest BCUT2D eigenvalue weighted by molar-refractivity contribution is 0.0177. The number of para-hydroxylation sites is 1. The van der Waals surface area contributed by atoms with Gasteiger partial charge in [0.1, 0.15) is 8.07 Å². The van der Waals surface area contributed by atoms with Crippen molar-refractivity contribution in [3.63, 3.8) is 0 Å². The normalized spacial score (nSPS) is 28.9.